The standard InChI is InChI=1S/C13H16BrClN2O2/c14-11-3-2-10(15)6-9(11)7-17-5-1-4-13(19,8-17)12(16)18/h2-3,6,19H,1,4-5,7-8H2,(H2,16,18)/t13-/m1/s1. The molecule has 1 aliphatic rings. The Morgan fingerprint density at radius 1 is 1.58 bits per heavy atom. The van der Waals surface area contributed by atoms with E-state index in [2.05, 4.69) is 15.9 Å². The molecule has 0 aliphatic carbocycles. The summed E-state index contributed by atoms with van der Waals surface area (Å²) in [6.45, 7) is 1.71. The van der Waals surface area contributed by atoms with Gasteiger partial charge in [-0.05, 0) is 43.1 Å². The fourth-order valence-corrected chi connectivity index (χ4v) is 2.93. The number of hydrogen-bond acceptors (Lipinski definition) is 3. The Bertz CT molecular complexity index is 498. The van der Waals surface area contributed by atoms with E-state index < -0.39 is 11.5 Å². The number of piperidine rings is 1. The number of nitrogens with two attached hydrogens (primary N) is 1. The summed E-state index contributed by atoms with van der Waals surface area (Å²) in [4.78, 5) is 13.3. The van der Waals surface area contributed by atoms with Crippen LogP contribution in [0.2, 0.25) is 5.02 Å². The number of halogens is 2. The minimum absolute atomic E-state index is 0.265. The largest absolute Gasteiger partial charge is 0.379 e. The molecule has 4 nitrogen and oxygen atoms in total. The highest BCUT2D eigenvalue weighted by Gasteiger charge is 2.38. The van der Waals surface area contributed by atoms with E-state index in [9.17, 15) is 9.90 Å². The van der Waals surface area contributed by atoms with Gasteiger partial charge in [-0.1, -0.05) is 27.5 Å². The Labute approximate surface area is 125 Å². The van der Waals surface area contributed by atoms with Gasteiger partial charge >= 0.3 is 0 Å². The average Bonchev–Trinajstić information content (AvgIpc) is 2.34. The second-order valence-electron chi connectivity index (χ2n) is 4.95. The Balaban J connectivity index is 2.11. The number of hydrogen-bond donors (Lipinski definition) is 2. The van der Waals surface area contributed by atoms with Gasteiger partial charge in [0.2, 0.25) is 0 Å². The predicted octanol–water partition coefficient (Wildman–Crippen LogP) is 1.91. The molecule has 0 spiro atoms. The van der Waals surface area contributed by atoms with Gasteiger partial charge in [-0.15, -0.1) is 0 Å². The van der Waals surface area contributed by atoms with Crippen molar-refractivity contribution in [3.63, 3.8) is 0 Å². The van der Waals surface area contributed by atoms with Gasteiger partial charge in [0.1, 0.15) is 0 Å². The van der Waals surface area contributed by atoms with Gasteiger partial charge in [0.15, 0.2) is 5.60 Å². The lowest BCUT2D eigenvalue weighted by molar-refractivity contribution is -0.142. The first-order valence-corrected chi connectivity index (χ1v) is 7.26. The zero-order chi connectivity index (χ0) is 14.0. The third-order valence-corrected chi connectivity index (χ3v) is 4.42. The van der Waals surface area contributed by atoms with E-state index in [4.69, 9.17) is 17.3 Å². The fourth-order valence-electron chi connectivity index (χ4n) is 2.36. The Morgan fingerprint density at radius 2 is 2.32 bits per heavy atom. The lowest BCUT2D eigenvalue weighted by atomic mass is 9.92. The zero-order valence-corrected chi connectivity index (χ0v) is 12.7. The molecule has 0 saturated carbocycles. The van der Waals surface area contributed by atoms with Gasteiger partial charge in [0, 0.05) is 22.6 Å². The van der Waals surface area contributed by atoms with Gasteiger partial charge in [-0.2, -0.15) is 0 Å². The fraction of sp³-hybridized carbons (Fsp3) is 0.462. The van der Waals surface area contributed by atoms with Gasteiger partial charge in [0.25, 0.3) is 5.91 Å². The van der Waals surface area contributed by atoms with Crippen molar-refractivity contribution in [3.05, 3.63) is 33.3 Å². The van der Waals surface area contributed by atoms with E-state index in [1.54, 1.807) is 0 Å². The minimum atomic E-state index is -1.41. The molecule has 0 aromatic heterocycles. The molecule has 0 radical (unpaired) electrons. The molecule has 3 N–H and O–H groups in total. The number of rotatable bonds is 3. The number of aliphatic hydroxyl groups is 1. The van der Waals surface area contributed by atoms with Crippen molar-refractivity contribution >= 4 is 33.4 Å². The second kappa shape index (κ2) is 5.79. The molecule has 2 rings (SSSR count). The minimum Gasteiger partial charge on any atom is -0.379 e. The van der Waals surface area contributed by atoms with Crippen LogP contribution in [0.5, 0.6) is 0 Å². The molecular formula is C13H16BrClN2O2. The zero-order valence-electron chi connectivity index (χ0n) is 10.4. The van der Waals surface area contributed by atoms with Crippen LogP contribution in [0.3, 0.4) is 0 Å². The molecule has 1 aromatic carbocycles. The molecule has 19 heavy (non-hydrogen) atoms. The van der Waals surface area contributed by atoms with E-state index in [0.29, 0.717) is 18.0 Å². The highest BCUT2D eigenvalue weighted by atomic mass is 79.9. The molecule has 0 unspecified atom stereocenters. The van der Waals surface area contributed by atoms with Crippen molar-refractivity contribution in [2.24, 2.45) is 5.73 Å². The molecule has 1 saturated heterocycles. The van der Waals surface area contributed by atoms with Crippen LogP contribution >= 0.6 is 27.5 Å². The van der Waals surface area contributed by atoms with Crippen molar-refractivity contribution in [2.75, 3.05) is 13.1 Å². The molecule has 6 heteroatoms. The number of likely N-dealkylation sites (tertiary alicyclic amines) is 1. The number of carbonyl (C=O) groups excluding carboxylic acids is 1. The predicted molar refractivity (Wildman–Crippen MR) is 77.8 cm³/mol. The van der Waals surface area contributed by atoms with Crippen LogP contribution in [0, 0.1) is 0 Å². The van der Waals surface area contributed by atoms with Crippen LogP contribution < -0.4 is 5.73 Å². The van der Waals surface area contributed by atoms with E-state index in [0.717, 1.165) is 23.0 Å². The normalized spacial score (nSPS) is 24.4. The summed E-state index contributed by atoms with van der Waals surface area (Å²) in [5.41, 5.74) is 4.88. The van der Waals surface area contributed by atoms with Crippen LogP contribution in [-0.4, -0.2) is 34.6 Å². The third kappa shape index (κ3) is 3.48. The average molecular weight is 348 g/mol. The van der Waals surface area contributed by atoms with E-state index in [1.807, 2.05) is 23.1 Å². The summed E-state index contributed by atoms with van der Waals surface area (Å²) in [6.07, 6.45) is 1.17. The van der Waals surface area contributed by atoms with E-state index in [-0.39, 0.29) is 6.54 Å². The summed E-state index contributed by atoms with van der Waals surface area (Å²) in [5.74, 6) is -0.651. The Morgan fingerprint density at radius 3 is 3.00 bits per heavy atom. The second-order valence-corrected chi connectivity index (χ2v) is 6.24. The van der Waals surface area contributed by atoms with Crippen molar-refractivity contribution in [1.82, 2.24) is 4.90 Å². The quantitative estimate of drug-likeness (QED) is 0.878. The summed E-state index contributed by atoms with van der Waals surface area (Å²) >= 11 is 9.45. The molecule has 1 aromatic rings. The smallest absolute Gasteiger partial charge is 0.250 e. The summed E-state index contributed by atoms with van der Waals surface area (Å²) < 4.78 is 0.963. The maximum absolute atomic E-state index is 11.3. The van der Waals surface area contributed by atoms with Crippen molar-refractivity contribution < 1.29 is 9.90 Å². The number of amides is 1. The highest BCUT2D eigenvalue weighted by molar-refractivity contribution is 9.10. The van der Waals surface area contributed by atoms with Gasteiger partial charge in [-0.3, -0.25) is 9.69 Å². The van der Waals surface area contributed by atoms with Crippen molar-refractivity contribution in [2.45, 2.75) is 25.0 Å². The topological polar surface area (TPSA) is 66.6 Å². The Hall–Kier alpha value is -0.620. The van der Waals surface area contributed by atoms with Crippen LogP contribution in [0.15, 0.2) is 22.7 Å². The van der Waals surface area contributed by atoms with Crippen molar-refractivity contribution in [1.29, 1.82) is 0 Å². The highest BCUT2D eigenvalue weighted by Crippen LogP contribution is 2.26. The first-order valence-electron chi connectivity index (χ1n) is 6.09. The summed E-state index contributed by atoms with van der Waals surface area (Å²) in [6, 6.07) is 5.58. The van der Waals surface area contributed by atoms with Crippen LogP contribution in [0.4, 0.5) is 0 Å². The first-order chi connectivity index (χ1) is 8.90. The molecule has 1 amide bonds. The van der Waals surface area contributed by atoms with E-state index >= 15 is 0 Å². The molecule has 1 fully saturated rings. The molecule has 1 heterocycles. The molecular weight excluding hydrogens is 332 g/mol. The maximum Gasteiger partial charge on any atom is 0.250 e. The number of carbonyl (C=O) groups is 1. The monoisotopic (exact) mass is 346 g/mol. The number of benzene rings is 1. The van der Waals surface area contributed by atoms with Crippen LogP contribution in [0.25, 0.3) is 0 Å². The third-order valence-electron chi connectivity index (χ3n) is 3.41. The van der Waals surface area contributed by atoms with Crippen LogP contribution in [0.1, 0.15) is 18.4 Å². The number of primary amides is 1. The Kier molecular flexibility index (Phi) is 4.50. The molecule has 0 bridgehead atoms. The lowest BCUT2D eigenvalue weighted by Crippen LogP contribution is -2.55. The number of nitrogens with zero attached hydrogens (tertiary/aromatic N) is 1. The van der Waals surface area contributed by atoms with Gasteiger partial charge in [-0.25, -0.2) is 0 Å². The first kappa shape index (κ1) is 14.8. The lowest BCUT2D eigenvalue weighted by Gasteiger charge is -2.37. The van der Waals surface area contributed by atoms with Gasteiger partial charge in [0.05, 0.1) is 0 Å². The molecule has 1 atom stereocenters. The maximum atomic E-state index is 11.3. The van der Waals surface area contributed by atoms with Gasteiger partial charge < -0.3 is 10.8 Å². The van der Waals surface area contributed by atoms with E-state index in [1.165, 1.54) is 0 Å². The van der Waals surface area contributed by atoms with Crippen LogP contribution in [-0.2, 0) is 11.3 Å². The summed E-state index contributed by atoms with van der Waals surface area (Å²) in [7, 11) is 0. The number of β-amino-alcohol motifs (C(OH)–C–C–N with tert-alkyl or cyclic N) is 1. The summed E-state index contributed by atoms with van der Waals surface area (Å²) in [5, 5.41) is 10.8. The molecule has 1 aliphatic heterocycles. The SMILES string of the molecule is NC(=O)[C@@]1(O)CCCN(Cc2cc(Cl)ccc2Br)C1. The molecule has 104 valence electrons. The van der Waals surface area contributed by atoms with Crippen molar-refractivity contribution in [3.8, 4) is 0 Å².